The second-order valence-electron chi connectivity index (χ2n) is 8.24. The summed E-state index contributed by atoms with van der Waals surface area (Å²) in [5, 5.41) is 8.00. The number of ether oxygens (including phenoxy) is 2. The molecule has 1 aliphatic heterocycles. The molecule has 0 unspecified atom stereocenters. The Morgan fingerprint density at radius 1 is 0.971 bits per heavy atom. The summed E-state index contributed by atoms with van der Waals surface area (Å²) in [7, 11) is 3.35. The Bertz CT molecular complexity index is 1110. The van der Waals surface area contributed by atoms with Crippen molar-refractivity contribution >= 4 is 23.3 Å². The van der Waals surface area contributed by atoms with Gasteiger partial charge in [-0.05, 0) is 29.8 Å². The minimum Gasteiger partial charge on any atom is -0.497 e. The molecule has 0 atom stereocenters. The summed E-state index contributed by atoms with van der Waals surface area (Å²) >= 11 is 6.27. The summed E-state index contributed by atoms with van der Waals surface area (Å²) in [4.78, 5) is 17.2. The number of carbonyl (C=O) groups excluding carboxylic acids is 1. The molecule has 0 radical (unpaired) electrons. The summed E-state index contributed by atoms with van der Waals surface area (Å²) in [5.41, 5.74) is 2.05. The van der Waals surface area contributed by atoms with Gasteiger partial charge in [-0.1, -0.05) is 29.8 Å². The lowest BCUT2D eigenvalue weighted by atomic mass is 10.1. The van der Waals surface area contributed by atoms with E-state index in [1.165, 1.54) is 0 Å². The number of halogens is 1. The van der Waals surface area contributed by atoms with E-state index in [1.807, 2.05) is 42.5 Å². The highest BCUT2D eigenvalue weighted by molar-refractivity contribution is 6.31. The topological polar surface area (TPSA) is 71.9 Å². The molecule has 0 saturated carbocycles. The Labute approximate surface area is 205 Å². The third kappa shape index (κ3) is 6.08. The van der Waals surface area contributed by atoms with Crippen LogP contribution in [0.25, 0.3) is 0 Å². The molecule has 1 aromatic heterocycles. The van der Waals surface area contributed by atoms with Crippen LogP contribution < -0.4 is 14.8 Å². The van der Waals surface area contributed by atoms with Gasteiger partial charge in [0.2, 0.25) is 5.91 Å². The van der Waals surface area contributed by atoms with E-state index in [0.717, 1.165) is 55.3 Å². The Balaban J connectivity index is 1.27. The Hall–Kier alpha value is -3.07. The molecule has 2 aromatic carbocycles. The van der Waals surface area contributed by atoms with E-state index in [0.29, 0.717) is 23.9 Å². The predicted octanol–water partition coefficient (Wildman–Crippen LogP) is 3.36. The van der Waals surface area contributed by atoms with Crippen molar-refractivity contribution < 1.29 is 14.3 Å². The monoisotopic (exact) mass is 483 g/mol. The van der Waals surface area contributed by atoms with Gasteiger partial charge in [-0.2, -0.15) is 5.10 Å². The van der Waals surface area contributed by atoms with E-state index in [-0.39, 0.29) is 5.91 Å². The number of hydrogen-bond acceptors (Lipinski definition) is 6. The Morgan fingerprint density at radius 2 is 1.74 bits per heavy atom. The molecule has 0 aliphatic carbocycles. The van der Waals surface area contributed by atoms with Crippen molar-refractivity contribution in [1.82, 2.24) is 19.6 Å². The molecule has 1 saturated heterocycles. The molecular weight excluding hydrogens is 454 g/mol. The molecule has 0 spiro atoms. The largest absolute Gasteiger partial charge is 0.497 e. The molecule has 34 heavy (non-hydrogen) atoms. The zero-order chi connectivity index (χ0) is 23.9. The molecule has 9 heteroatoms. The van der Waals surface area contributed by atoms with Gasteiger partial charge in [0, 0.05) is 49.4 Å². The number of benzene rings is 2. The average Bonchev–Trinajstić information content (AvgIpc) is 3.28. The van der Waals surface area contributed by atoms with Crippen molar-refractivity contribution in [1.29, 1.82) is 0 Å². The van der Waals surface area contributed by atoms with Gasteiger partial charge in [-0.15, -0.1) is 0 Å². The second kappa shape index (κ2) is 11.4. The van der Waals surface area contributed by atoms with Gasteiger partial charge in [0.25, 0.3) is 0 Å². The van der Waals surface area contributed by atoms with Crippen LogP contribution in [-0.4, -0.2) is 72.4 Å². The lowest BCUT2D eigenvalue weighted by Gasteiger charge is -2.34. The number of carbonyl (C=O) groups is 1. The molecule has 3 aromatic rings. The number of rotatable bonds is 9. The fourth-order valence-electron chi connectivity index (χ4n) is 4.09. The molecule has 1 amide bonds. The van der Waals surface area contributed by atoms with Crippen LogP contribution in [0.5, 0.6) is 11.5 Å². The van der Waals surface area contributed by atoms with E-state index in [4.69, 9.17) is 21.1 Å². The van der Waals surface area contributed by atoms with Crippen LogP contribution in [0, 0.1) is 0 Å². The number of methoxy groups -OCH3 is 2. The number of anilines is 1. The molecule has 8 nitrogen and oxygen atoms in total. The van der Waals surface area contributed by atoms with Crippen LogP contribution in [0.15, 0.2) is 54.7 Å². The molecule has 1 N–H and O–H groups in total. The zero-order valence-electron chi connectivity index (χ0n) is 19.5. The number of nitrogens with zero attached hydrogens (tertiary/aromatic N) is 4. The van der Waals surface area contributed by atoms with E-state index in [2.05, 4.69) is 20.2 Å². The van der Waals surface area contributed by atoms with Gasteiger partial charge in [0.15, 0.2) is 0 Å². The van der Waals surface area contributed by atoms with Gasteiger partial charge in [0.05, 0.1) is 33.5 Å². The summed E-state index contributed by atoms with van der Waals surface area (Å²) in [5.74, 6) is 2.29. The zero-order valence-corrected chi connectivity index (χ0v) is 20.3. The van der Waals surface area contributed by atoms with Crippen molar-refractivity contribution in [2.75, 3.05) is 52.3 Å². The molecule has 0 bridgehead atoms. The van der Waals surface area contributed by atoms with Crippen molar-refractivity contribution in [3.05, 3.63) is 70.9 Å². The number of nitrogens with one attached hydrogen (secondary N) is 1. The molecular formula is C25H30ClN5O3. The first-order chi connectivity index (χ1) is 16.6. The first kappa shape index (κ1) is 24.1. The minimum atomic E-state index is -0.0520. The van der Waals surface area contributed by atoms with Gasteiger partial charge >= 0.3 is 0 Å². The number of aromatic nitrogens is 2. The van der Waals surface area contributed by atoms with Crippen LogP contribution in [0.3, 0.4) is 0 Å². The second-order valence-corrected chi connectivity index (χ2v) is 8.65. The SMILES string of the molecule is COc1ccc(OC)c(CN2CCN(CC(=O)Nc3ccnn3Cc3ccccc3Cl)CC2)c1. The Morgan fingerprint density at radius 3 is 2.47 bits per heavy atom. The number of piperazine rings is 1. The van der Waals surface area contributed by atoms with Crippen LogP contribution in [0.4, 0.5) is 5.82 Å². The van der Waals surface area contributed by atoms with Crippen LogP contribution in [-0.2, 0) is 17.9 Å². The molecule has 2 heterocycles. The summed E-state index contributed by atoms with van der Waals surface area (Å²) in [6.45, 7) is 5.00. The first-order valence-corrected chi connectivity index (χ1v) is 11.6. The lowest BCUT2D eigenvalue weighted by Crippen LogP contribution is -2.48. The Kier molecular flexibility index (Phi) is 8.05. The molecule has 1 fully saturated rings. The first-order valence-electron chi connectivity index (χ1n) is 11.3. The van der Waals surface area contributed by atoms with E-state index in [9.17, 15) is 4.79 Å². The van der Waals surface area contributed by atoms with E-state index < -0.39 is 0 Å². The maximum atomic E-state index is 12.7. The highest BCUT2D eigenvalue weighted by Crippen LogP contribution is 2.25. The van der Waals surface area contributed by atoms with Gasteiger partial charge < -0.3 is 14.8 Å². The lowest BCUT2D eigenvalue weighted by molar-refractivity contribution is -0.117. The van der Waals surface area contributed by atoms with Crippen LogP contribution in [0.1, 0.15) is 11.1 Å². The maximum Gasteiger partial charge on any atom is 0.239 e. The van der Waals surface area contributed by atoms with Crippen molar-refractivity contribution in [2.24, 2.45) is 0 Å². The van der Waals surface area contributed by atoms with Crippen LogP contribution in [0.2, 0.25) is 5.02 Å². The van der Waals surface area contributed by atoms with Gasteiger partial charge in [-0.25, -0.2) is 4.68 Å². The summed E-state index contributed by atoms with van der Waals surface area (Å²) in [6.07, 6.45) is 1.68. The van der Waals surface area contributed by atoms with Crippen molar-refractivity contribution in [2.45, 2.75) is 13.1 Å². The van der Waals surface area contributed by atoms with Crippen molar-refractivity contribution in [3.63, 3.8) is 0 Å². The molecule has 4 rings (SSSR count). The average molecular weight is 484 g/mol. The summed E-state index contributed by atoms with van der Waals surface area (Å²) < 4.78 is 12.6. The van der Waals surface area contributed by atoms with E-state index >= 15 is 0 Å². The highest BCUT2D eigenvalue weighted by Gasteiger charge is 2.21. The van der Waals surface area contributed by atoms with Crippen LogP contribution >= 0.6 is 11.6 Å². The third-order valence-corrected chi connectivity index (χ3v) is 6.34. The fraction of sp³-hybridized carbons (Fsp3) is 0.360. The standard InChI is InChI=1S/C25H30ClN5O3/c1-33-21-7-8-23(34-2)20(15-21)16-29-11-13-30(14-12-29)18-25(32)28-24-9-10-27-31(24)17-19-5-3-4-6-22(19)26/h3-10,15H,11-14,16-18H2,1-2H3,(H,28,32). The van der Waals surface area contributed by atoms with E-state index in [1.54, 1.807) is 31.2 Å². The highest BCUT2D eigenvalue weighted by atomic mass is 35.5. The minimum absolute atomic E-state index is 0.0520. The molecule has 1 aliphatic rings. The quantitative estimate of drug-likeness (QED) is 0.503. The molecule has 180 valence electrons. The smallest absolute Gasteiger partial charge is 0.239 e. The van der Waals surface area contributed by atoms with Gasteiger partial charge in [-0.3, -0.25) is 14.6 Å². The third-order valence-electron chi connectivity index (χ3n) is 5.98. The number of amides is 1. The number of hydrogen-bond donors (Lipinski definition) is 1. The maximum absolute atomic E-state index is 12.7. The summed E-state index contributed by atoms with van der Waals surface area (Å²) in [6, 6.07) is 15.3. The predicted molar refractivity (Wildman–Crippen MR) is 133 cm³/mol. The van der Waals surface area contributed by atoms with Gasteiger partial charge in [0.1, 0.15) is 17.3 Å². The normalized spacial score (nSPS) is 14.7. The van der Waals surface area contributed by atoms with Crippen molar-refractivity contribution in [3.8, 4) is 11.5 Å². The fourth-order valence-corrected chi connectivity index (χ4v) is 4.29.